The Kier molecular flexibility index (Phi) is 5.32. The number of carboxylic acid groups (broad SMARTS) is 2. The van der Waals surface area contributed by atoms with Crippen LogP contribution < -0.4 is 0 Å². The molecule has 0 fully saturated rings. The molecule has 0 aromatic heterocycles. The first kappa shape index (κ1) is 14.2. The molecule has 0 bridgehead atoms. The quantitative estimate of drug-likeness (QED) is 0.758. The number of carbonyl (C=O) groups is 2. The Labute approximate surface area is 106 Å². The van der Waals surface area contributed by atoms with Gasteiger partial charge in [0.15, 0.2) is 0 Å². The lowest BCUT2D eigenvalue weighted by Gasteiger charge is -2.25. The lowest BCUT2D eigenvalue weighted by molar-refractivity contribution is -0.142. The average molecular weight is 251 g/mol. The second-order valence-electron chi connectivity index (χ2n) is 4.23. The number of benzene rings is 1. The molecule has 18 heavy (non-hydrogen) atoms. The van der Waals surface area contributed by atoms with Gasteiger partial charge in [-0.15, -0.1) is 0 Å². The topological polar surface area (TPSA) is 77.8 Å². The number of rotatable bonds is 7. The first-order chi connectivity index (χ1) is 8.49. The molecule has 0 saturated carbocycles. The molecule has 0 aliphatic heterocycles. The van der Waals surface area contributed by atoms with E-state index in [4.69, 9.17) is 10.2 Å². The molecule has 0 amide bonds. The zero-order chi connectivity index (χ0) is 13.5. The number of carboxylic acids is 2. The third-order valence-electron chi connectivity index (χ3n) is 2.67. The first-order valence-electron chi connectivity index (χ1n) is 5.70. The lowest BCUT2D eigenvalue weighted by Crippen LogP contribution is -2.41. The zero-order valence-corrected chi connectivity index (χ0v) is 10.2. The van der Waals surface area contributed by atoms with Crippen LogP contribution in [0.15, 0.2) is 30.3 Å². The van der Waals surface area contributed by atoms with E-state index in [0.29, 0.717) is 6.42 Å². The largest absolute Gasteiger partial charge is 0.480 e. The van der Waals surface area contributed by atoms with Crippen molar-refractivity contribution in [2.75, 3.05) is 13.1 Å². The van der Waals surface area contributed by atoms with Crippen molar-refractivity contribution < 1.29 is 19.8 Å². The summed E-state index contributed by atoms with van der Waals surface area (Å²) in [5.74, 6) is -2.03. The molecule has 1 aromatic carbocycles. The summed E-state index contributed by atoms with van der Waals surface area (Å²) in [6, 6.07) is 9.45. The van der Waals surface area contributed by atoms with E-state index in [1.807, 2.05) is 37.3 Å². The molecular weight excluding hydrogens is 234 g/mol. The molecule has 5 heteroatoms. The Balaban J connectivity index is 2.66. The Bertz CT molecular complexity index is 389. The van der Waals surface area contributed by atoms with Crippen molar-refractivity contribution in [3.8, 4) is 0 Å². The number of hydrogen-bond acceptors (Lipinski definition) is 3. The molecule has 98 valence electrons. The standard InChI is InChI=1S/C13H17NO4/c1-10(7-11-5-3-2-4-6-11)14(8-12(15)16)9-13(17)18/h2-6,10H,7-9H2,1H3,(H,15,16)(H,17,18). The smallest absolute Gasteiger partial charge is 0.317 e. The van der Waals surface area contributed by atoms with Gasteiger partial charge < -0.3 is 10.2 Å². The zero-order valence-electron chi connectivity index (χ0n) is 10.2. The minimum atomic E-state index is -1.02. The van der Waals surface area contributed by atoms with E-state index < -0.39 is 11.9 Å². The van der Waals surface area contributed by atoms with Crippen LogP contribution in [-0.2, 0) is 16.0 Å². The fraction of sp³-hybridized carbons (Fsp3) is 0.385. The van der Waals surface area contributed by atoms with E-state index in [0.717, 1.165) is 5.56 Å². The van der Waals surface area contributed by atoms with E-state index in [1.165, 1.54) is 4.90 Å². The van der Waals surface area contributed by atoms with Crippen molar-refractivity contribution >= 4 is 11.9 Å². The van der Waals surface area contributed by atoms with Gasteiger partial charge in [-0.25, -0.2) is 0 Å². The van der Waals surface area contributed by atoms with Crippen LogP contribution in [0.4, 0.5) is 0 Å². The Morgan fingerprint density at radius 3 is 2.06 bits per heavy atom. The maximum Gasteiger partial charge on any atom is 0.317 e. The molecule has 1 atom stereocenters. The maximum atomic E-state index is 10.7. The number of nitrogens with zero attached hydrogens (tertiary/aromatic N) is 1. The summed E-state index contributed by atoms with van der Waals surface area (Å²) in [7, 11) is 0. The molecule has 0 spiro atoms. The monoisotopic (exact) mass is 251 g/mol. The first-order valence-corrected chi connectivity index (χ1v) is 5.70. The van der Waals surface area contributed by atoms with Crippen LogP contribution in [0.5, 0.6) is 0 Å². The van der Waals surface area contributed by atoms with Crippen LogP contribution in [0.3, 0.4) is 0 Å². The van der Waals surface area contributed by atoms with Gasteiger partial charge in [0.1, 0.15) is 0 Å². The predicted octanol–water partition coefficient (Wildman–Crippen LogP) is 1.09. The summed E-state index contributed by atoms with van der Waals surface area (Å²) in [6.07, 6.45) is 0.626. The predicted molar refractivity (Wildman–Crippen MR) is 66.5 cm³/mol. The van der Waals surface area contributed by atoms with Gasteiger partial charge in [0, 0.05) is 6.04 Å². The SMILES string of the molecule is CC(Cc1ccccc1)N(CC(=O)O)CC(=O)O. The Morgan fingerprint density at radius 2 is 1.61 bits per heavy atom. The van der Waals surface area contributed by atoms with Gasteiger partial charge in [-0.1, -0.05) is 30.3 Å². The van der Waals surface area contributed by atoms with Crippen molar-refractivity contribution in [2.45, 2.75) is 19.4 Å². The highest BCUT2D eigenvalue weighted by molar-refractivity contribution is 5.72. The maximum absolute atomic E-state index is 10.7. The van der Waals surface area contributed by atoms with Gasteiger partial charge in [0.05, 0.1) is 13.1 Å². The summed E-state index contributed by atoms with van der Waals surface area (Å²) < 4.78 is 0. The molecule has 0 saturated heterocycles. The number of hydrogen-bond donors (Lipinski definition) is 2. The highest BCUT2D eigenvalue weighted by atomic mass is 16.4. The van der Waals surface area contributed by atoms with Gasteiger partial charge in [0.25, 0.3) is 0 Å². The van der Waals surface area contributed by atoms with Crippen LogP contribution >= 0.6 is 0 Å². The molecule has 2 N–H and O–H groups in total. The van der Waals surface area contributed by atoms with Crippen molar-refractivity contribution in [3.63, 3.8) is 0 Å². The summed E-state index contributed by atoms with van der Waals surface area (Å²) in [5, 5.41) is 17.6. The van der Waals surface area contributed by atoms with Crippen LogP contribution in [0.2, 0.25) is 0 Å². The summed E-state index contributed by atoms with van der Waals surface area (Å²) in [5.41, 5.74) is 1.06. The summed E-state index contributed by atoms with van der Waals surface area (Å²) in [4.78, 5) is 22.9. The van der Waals surface area contributed by atoms with E-state index in [2.05, 4.69) is 0 Å². The van der Waals surface area contributed by atoms with Crippen LogP contribution in [0.1, 0.15) is 12.5 Å². The summed E-state index contributed by atoms with van der Waals surface area (Å²) >= 11 is 0. The molecule has 0 heterocycles. The molecule has 5 nitrogen and oxygen atoms in total. The van der Waals surface area contributed by atoms with Gasteiger partial charge in [-0.2, -0.15) is 0 Å². The lowest BCUT2D eigenvalue weighted by atomic mass is 10.1. The van der Waals surface area contributed by atoms with Crippen molar-refractivity contribution in [2.24, 2.45) is 0 Å². The molecule has 0 aliphatic rings. The fourth-order valence-corrected chi connectivity index (χ4v) is 1.80. The van der Waals surface area contributed by atoms with Crippen LogP contribution in [0.25, 0.3) is 0 Å². The average Bonchev–Trinajstić information content (AvgIpc) is 2.28. The highest BCUT2D eigenvalue weighted by Crippen LogP contribution is 2.08. The van der Waals surface area contributed by atoms with E-state index in [1.54, 1.807) is 0 Å². The second kappa shape index (κ2) is 6.76. The molecule has 1 unspecified atom stereocenters. The van der Waals surface area contributed by atoms with Gasteiger partial charge in [0.2, 0.25) is 0 Å². The van der Waals surface area contributed by atoms with Crippen LogP contribution in [0, 0.1) is 0 Å². The minimum absolute atomic E-state index is 0.139. The van der Waals surface area contributed by atoms with Gasteiger partial charge >= 0.3 is 11.9 Å². The van der Waals surface area contributed by atoms with Crippen molar-refractivity contribution in [3.05, 3.63) is 35.9 Å². The van der Waals surface area contributed by atoms with Gasteiger partial charge in [-0.05, 0) is 18.9 Å². The molecule has 0 radical (unpaired) electrons. The fourth-order valence-electron chi connectivity index (χ4n) is 1.80. The van der Waals surface area contributed by atoms with Crippen molar-refractivity contribution in [1.29, 1.82) is 0 Å². The molecular formula is C13H17NO4. The Morgan fingerprint density at radius 1 is 1.11 bits per heavy atom. The minimum Gasteiger partial charge on any atom is -0.480 e. The molecule has 1 rings (SSSR count). The van der Waals surface area contributed by atoms with Gasteiger partial charge in [-0.3, -0.25) is 14.5 Å². The normalized spacial score (nSPS) is 12.3. The summed E-state index contributed by atoms with van der Waals surface area (Å²) in [6.45, 7) is 1.31. The molecule has 0 aliphatic carbocycles. The van der Waals surface area contributed by atoms with E-state index in [9.17, 15) is 9.59 Å². The third-order valence-corrected chi connectivity index (χ3v) is 2.67. The van der Waals surface area contributed by atoms with E-state index >= 15 is 0 Å². The Hall–Kier alpha value is -1.88. The highest BCUT2D eigenvalue weighted by Gasteiger charge is 2.19. The second-order valence-corrected chi connectivity index (χ2v) is 4.23. The van der Waals surface area contributed by atoms with Crippen molar-refractivity contribution in [1.82, 2.24) is 4.90 Å². The molecule has 1 aromatic rings. The van der Waals surface area contributed by atoms with Crippen LogP contribution in [-0.4, -0.2) is 46.2 Å². The van der Waals surface area contributed by atoms with E-state index in [-0.39, 0.29) is 19.1 Å². The number of aliphatic carboxylic acids is 2. The third kappa shape index (κ3) is 4.97.